The minimum atomic E-state index is -0.322. The van der Waals surface area contributed by atoms with Crippen LogP contribution in [0.1, 0.15) is 29.5 Å². The number of amides is 2. The monoisotopic (exact) mass is 639 g/mol. The van der Waals surface area contributed by atoms with Gasteiger partial charge in [-0.15, -0.1) is 0 Å². The Morgan fingerprint density at radius 1 is 0.957 bits per heavy atom. The van der Waals surface area contributed by atoms with Crippen molar-refractivity contribution in [3.05, 3.63) is 89.6 Å². The van der Waals surface area contributed by atoms with Crippen LogP contribution in [-0.2, 0) is 36.1 Å². The van der Waals surface area contributed by atoms with Crippen LogP contribution in [0, 0.1) is 0 Å². The molecule has 4 bridgehead atoms. The molecule has 1 fully saturated rings. The summed E-state index contributed by atoms with van der Waals surface area (Å²) in [6.45, 7) is 2.13. The molecule has 0 saturated carbocycles. The lowest BCUT2D eigenvalue weighted by atomic mass is 10.00. The smallest absolute Gasteiger partial charge is 0.258 e. The Labute approximate surface area is 274 Å². The molecule has 7 rings (SSSR count). The largest absolute Gasteiger partial charge is 0.496 e. The van der Waals surface area contributed by atoms with Gasteiger partial charge in [-0.3, -0.25) is 19.2 Å². The highest BCUT2D eigenvalue weighted by Gasteiger charge is 2.33. The van der Waals surface area contributed by atoms with Gasteiger partial charge in [-0.2, -0.15) is 5.10 Å². The Balaban J connectivity index is 1.26. The lowest BCUT2D eigenvalue weighted by Crippen LogP contribution is -2.57. The molecule has 1 aromatic heterocycles. The molecule has 3 aliphatic rings. The maximum atomic E-state index is 13.4. The van der Waals surface area contributed by atoms with Gasteiger partial charge in [-0.1, -0.05) is 36.4 Å². The van der Waals surface area contributed by atoms with Gasteiger partial charge in [0.15, 0.2) is 18.1 Å². The Hall–Kier alpha value is -5.03. The zero-order valence-electron chi connectivity index (χ0n) is 27.0. The van der Waals surface area contributed by atoms with Gasteiger partial charge in [0.25, 0.3) is 5.91 Å². The highest BCUT2D eigenvalue weighted by Crippen LogP contribution is 2.31. The number of nitrogens with zero attached hydrogens (tertiary/aromatic N) is 3. The van der Waals surface area contributed by atoms with Crippen LogP contribution in [-0.4, -0.2) is 72.6 Å². The van der Waals surface area contributed by atoms with Crippen molar-refractivity contribution in [2.24, 2.45) is 7.05 Å². The van der Waals surface area contributed by atoms with Crippen molar-refractivity contribution in [2.45, 2.75) is 44.5 Å². The maximum absolute atomic E-state index is 13.4. The van der Waals surface area contributed by atoms with E-state index in [1.54, 1.807) is 20.3 Å². The van der Waals surface area contributed by atoms with E-state index in [2.05, 4.69) is 33.9 Å². The molecular weight excluding hydrogens is 598 g/mol. The summed E-state index contributed by atoms with van der Waals surface area (Å²) in [6, 6.07) is 21.0. The summed E-state index contributed by atoms with van der Waals surface area (Å²) in [5.74, 6) is 1.86. The number of carbonyl (C=O) groups is 2. The first-order valence-corrected chi connectivity index (χ1v) is 15.9. The van der Waals surface area contributed by atoms with Crippen molar-refractivity contribution in [3.63, 3.8) is 0 Å². The number of aryl methyl sites for hydroxylation is 2. The van der Waals surface area contributed by atoms with Crippen LogP contribution in [0.4, 0.5) is 0 Å². The van der Waals surface area contributed by atoms with Gasteiger partial charge in [0.1, 0.15) is 17.6 Å². The van der Waals surface area contributed by atoms with Crippen LogP contribution in [0.2, 0.25) is 0 Å². The molecule has 11 nitrogen and oxygen atoms in total. The summed E-state index contributed by atoms with van der Waals surface area (Å²) in [5, 5.41) is 10.9. The Morgan fingerprint density at radius 2 is 1.79 bits per heavy atom. The summed E-state index contributed by atoms with van der Waals surface area (Å²) in [7, 11) is 5.09. The summed E-state index contributed by atoms with van der Waals surface area (Å²) in [6.07, 6.45) is 3.24. The predicted octanol–water partition coefficient (Wildman–Crippen LogP) is 3.88. The van der Waals surface area contributed by atoms with E-state index in [-0.39, 0.29) is 30.6 Å². The molecule has 4 heterocycles. The molecule has 0 unspecified atom stereocenters. The van der Waals surface area contributed by atoms with E-state index in [4.69, 9.17) is 24.0 Å². The molecule has 47 heavy (non-hydrogen) atoms. The fourth-order valence-electron chi connectivity index (χ4n) is 6.19. The lowest BCUT2D eigenvalue weighted by Gasteiger charge is -2.39. The summed E-state index contributed by atoms with van der Waals surface area (Å²) in [5.41, 5.74) is 4.87. The quantitative estimate of drug-likeness (QED) is 0.338. The van der Waals surface area contributed by atoms with Crippen LogP contribution in [0.25, 0.3) is 11.3 Å². The maximum Gasteiger partial charge on any atom is 0.258 e. The number of rotatable bonds is 5. The van der Waals surface area contributed by atoms with Gasteiger partial charge < -0.3 is 29.6 Å². The molecule has 2 N–H and O–H groups in total. The van der Waals surface area contributed by atoms with E-state index in [0.29, 0.717) is 61.9 Å². The first-order valence-electron chi connectivity index (χ1n) is 15.9. The van der Waals surface area contributed by atoms with E-state index in [0.717, 1.165) is 34.5 Å². The molecule has 0 radical (unpaired) electrons. The van der Waals surface area contributed by atoms with E-state index in [1.807, 2.05) is 60.3 Å². The number of fused-ring (bicyclic) bond motifs is 9. The average Bonchev–Trinajstić information content (AvgIpc) is 3.46. The molecular formula is C36H41N5O6. The third-order valence-electron chi connectivity index (χ3n) is 8.58. The number of likely N-dealkylation sites (tertiary alicyclic amines) is 1. The third-order valence-corrected chi connectivity index (χ3v) is 8.58. The standard InChI is InChI=1S/C36H41N5O6/c1-40-20-27(36(39-40)25-7-5-4-6-8-25)21-41-16-15-30-29(22-41)38-35(43)23-46-33-17-24(9-13-31(33)44-2)10-14-34(42)37-19-26-11-12-28(47-30)18-32(26)45-3/h4-9,11-13,17-18,20,29-30H,10,14-16,19,21-23H2,1-3H3,(H,37,42)(H,38,43)/t29-,30+/m1/s1. The molecule has 1 saturated heterocycles. The number of hydrogen-bond acceptors (Lipinski definition) is 8. The van der Waals surface area contributed by atoms with Crippen molar-refractivity contribution in [3.8, 4) is 34.3 Å². The number of aromatic nitrogens is 2. The number of benzene rings is 3. The summed E-state index contributed by atoms with van der Waals surface area (Å²) < 4.78 is 25.5. The molecule has 4 aromatic rings. The second kappa shape index (κ2) is 14.6. The Morgan fingerprint density at radius 3 is 2.60 bits per heavy atom. The topological polar surface area (TPSA) is 116 Å². The minimum absolute atomic E-state index is 0.0836. The SMILES string of the molecule is COc1cc2ccc1CNC(=O)CCc1ccc(OC)c(c1)OCC(=O)N[C@@H]1CN(Cc3cn(C)nc3-c3ccccc3)CC[C@@H]1O2. The van der Waals surface area contributed by atoms with Gasteiger partial charge >= 0.3 is 0 Å². The number of hydrogen-bond donors (Lipinski definition) is 2. The van der Waals surface area contributed by atoms with Crippen LogP contribution >= 0.6 is 0 Å². The van der Waals surface area contributed by atoms with Gasteiger partial charge in [0, 0.05) is 68.6 Å². The average molecular weight is 640 g/mol. The first kappa shape index (κ1) is 31.9. The second-order valence-corrected chi connectivity index (χ2v) is 11.9. The zero-order chi connectivity index (χ0) is 32.8. The normalized spacial score (nSPS) is 19.1. The minimum Gasteiger partial charge on any atom is -0.496 e. The molecule has 3 aromatic carbocycles. The summed E-state index contributed by atoms with van der Waals surface area (Å²) >= 11 is 0. The van der Waals surface area contributed by atoms with Crippen molar-refractivity contribution in [1.82, 2.24) is 25.3 Å². The van der Waals surface area contributed by atoms with Gasteiger partial charge in [0.2, 0.25) is 5.91 Å². The number of ether oxygens (including phenoxy) is 4. The molecule has 246 valence electrons. The van der Waals surface area contributed by atoms with E-state index < -0.39 is 0 Å². The van der Waals surface area contributed by atoms with Crippen LogP contribution in [0.3, 0.4) is 0 Å². The van der Waals surface area contributed by atoms with Crippen LogP contribution in [0.15, 0.2) is 72.9 Å². The number of carbonyl (C=O) groups excluding carboxylic acids is 2. The molecule has 2 atom stereocenters. The number of piperidine rings is 1. The highest BCUT2D eigenvalue weighted by atomic mass is 16.5. The van der Waals surface area contributed by atoms with Crippen molar-refractivity contribution in [1.29, 1.82) is 0 Å². The number of methoxy groups -OCH3 is 2. The Kier molecular flexibility index (Phi) is 9.92. The summed E-state index contributed by atoms with van der Waals surface area (Å²) in [4.78, 5) is 28.4. The van der Waals surface area contributed by atoms with Crippen LogP contribution in [0.5, 0.6) is 23.0 Å². The van der Waals surface area contributed by atoms with Crippen LogP contribution < -0.4 is 29.6 Å². The molecule has 0 spiro atoms. The zero-order valence-corrected chi connectivity index (χ0v) is 27.0. The van der Waals surface area contributed by atoms with Crippen molar-refractivity contribution < 1.29 is 28.5 Å². The van der Waals surface area contributed by atoms with E-state index in [1.165, 1.54) is 0 Å². The van der Waals surface area contributed by atoms with Crippen molar-refractivity contribution in [2.75, 3.05) is 33.9 Å². The van der Waals surface area contributed by atoms with Crippen molar-refractivity contribution >= 4 is 11.8 Å². The van der Waals surface area contributed by atoms with E-state index in [9.17, 15) is 9.59 Å². The molecule has 11 heteroatoms. The van der Waals surface area contributed by atoms with E-state index >= 15 is 0 Å². The van der Waals surface area contributed by atoms with Gasteiger partial charge in [-0.05, 0) is 42.7 Å². The van der Waals surface area contributed by atoms with Gasteiger partial charge in [0.05, 0.1) is 26.0 Å². The molecule has 3 aliphatic heterocycles. The third kappa shape index (κ3) is 7.86. The highest BCUT2D eigenvalue weighted by molar-refractivity contribution is 5.78. The molecule has 2 amide bonds. The Bertz CT molecular complexity index is 1710. The fourth-order valence-corrected chi connectivity index (χ4v) is 6.19. The lowest BCUT2D eigenvalue weighted by molar-refractivity contribution is -0.125. The predicted molar refractivity (Wildman–Crippen MR) is 177 cm³/mol. The second-order valence-electron chi connectivity index (χ2n) is 11.9. The van der Waals surface area contributed by atoms with Gasteiger partial charge in [-0.25, -0.2) is 0 Å². The molecule has 0 aliphatic carbocycles. The fraction of sp³-hybridized carbons (Fsp3) is 0.361. The number of nitrogens with one attached hydrogen (secondary N) is 2. The first-order chi connectivity index (χ1) is 22.9.